The van der Waals surface area contributed by atoms with E-state index in [1.165, 1.54) is 4.88 Å². The van der Waals surface area contributed by atoms with Crippen molar-refractivity contribution in [1.82, 2.24) is 15.1 Å². The Kier molecular flexibility index (Phi) is 6.08. The normalized spacial score (nSPS) is 25.8. The molecule has 2 saturated heterocycles. The highest BCUT2D eigenvalue weighted by molar-refractivity contribution is 7.09. The second-order valence-corrected chi connectivity index (χ2v) is 7.74. The van der Waals surface area contributed by atoms with Gasteiger partial charge >= 0.3 is 6.03 Å². The molecule has 0 spiro atoms. The minimum Gasteiger partial charge on any atom is -0.381 e. The number of amides is 2. The van der Waals surface area contributed by atoms with Gasteiger partial charge in [-0.1, -0.05) is 6.07 Å². The van der Waals surface area contributed by atoms with E-state index in [-0.39, 0.29) is 18.1 Å². The number of nitrogens with one attached hydrogen (secondary N) is 1. The van der Waals surface area contributed by atoms with Crippen LogP contribution in [0.4, 0.5) is 9.18 Å². The van der Waals surface area contributed by atoms with E-state index in [2.05, 4.69) is 16.3 Å². The Balaban J connectivity index is 1.51. The molecule has 2 fully saturated rings. The van der Waals surface area contributed by atoms with Gasteiger partial charge in [-0.3, -0.25) is 4.90 Å². The van der Waals surface area contributed by atoms with E-state index < -0.39 is 6.17 Å². The van der Waals surface area contributed by atoms with Crippen molar-refractivity contribution in [3.8, 4) is 0 Å². The summed E-state index contributed by atoms with van der Waals surface area (Å²) in [6.07, 6.45) is 1.42. The molecule has 2 aliphatic rings. The lowest BCUT2D eigenvalue weighted by Crippen LogP contribution is -2.48. The largest absolute Gasteiger partial charge is 0.381 e. The first-order valence-electron chi connectivity index (χ1n) is 8.61. The molecule has 0 bridgehead atoms. The Hall–Kier alpha value is -1.18. The lowest BCUT2D eigenvalue weighted by atomic mass is 10.1. The second kappa shape index (κ2) is 8.27. The van der Waals surface area contributed by atoms with Gasteiger partial charge in [0.15, 0.2) is 0 Å². The van der Waals surface area contributed by atoms with Gasteiger partial charge in [0, 0.05) is 56.9 Å². The predicted molar refractivity (Wildman–Crippen MR) is 93.0 cm³/mol. The van der Waals surface area contributed by atoms with Crippen LogP contribution in [-0.2, 0) is 11.3 Å². The highest BCUT2D eigenvalue weighted by Crippen LogP contribution is 2.24. The van der Waals surface area contributed by atoms with E-state index in [0.29, 0.717) is 32.7 Å². The van der Waals surface area contributed by atoms with Crippen LogP contribution in [0.1, 0.15) is 24.1 Å². The molecule has 1 aromatic rings. The summed E-state index contributed by atoms with van der Waals surface area (Å²) in [6, 6.07) is 4.29. The Morgan fingerprint density at radius 3 is 3.00 bits per heavy atom. The molecule has 3 heterocycles. The van der Waals surface area contributed by atoms with Crippen LogP contribution in [0, 0.1) is 0 Å². The molecule has 2 amide bonds. The van der Waals surface area contributed by atoms with Crippen molar-refractivity contribution in [3.63, 3.8) is 0 Å². The molecule has 2 atom stereocenters. The lowest BCUT2D eigenvalue weighted by Gasteiger charge is -2.30. The molecule has 1 aromatic heterocycles. The number of carbonyl (C=O) groups excluding carboxylic acids is 1. The molecule has 0 aromatic carbocycles. The monoisotopic (exact) mass is 355 g/mol. The fourth-order valence-electron chi connectivity index (χ4n) is 3.43. The number of urea groups is 1. The van der Waals surface area contributed by atoms with E-state index in [9.17, 15) is 9.18 Å². The van der Waals surface area contributed by atoms with Gasteiger partial charge in [-0.05, 0) is 30.7 Å². The topological polar surface area (TPSA) is 44.8 Å². The summed E-state index contributed by atoms with van der Waals surface area (Å²) in [5, 5.41) is 5.10. The zero-order valence-corrected chi connectivity index (χ0v) is 14.9. The molecular weight excluding hydrogens is 329 g/mol. The molecule has 7 heteroatoms. The van der Waals surface area contributed by atoms with E-state index in [1.807, 2.05) is 11.4 Å². The molecule has 0 aliphatic carbocycles. The Morgan fingerprint density at radius 2 is 2.29 bits per heavy atom. The minimum absolute atomic E-state index is 0.0692. The number of halogens is 1. The zero-order valence-electron chi connectivity index (χ0n) is 14.1. The fourth-order valence-corrected chi connectivity index (χ4v) is 4.16. The number of ether oxygens (including phenoxy) is 1. The van der Waals surface area contributed by atoms with Crippen LogP contribution < -0.4 is 5.32 Å². The van der Waals surface area contributed by atoms with E-state index in [0.717, 1.165) is 19.4 Å². The molecule has 24 heavy (non-hydrogen) atoms. The maximum atomic E-state index is 13.9. The third kappa shape index (κ3) is 4.68. The van der Waals surface area contributed by atoms with Crippen molar-refractivity contribution in [2.24, 2.45) is 0 Å². The third-order valence-electron chi connectivity index (χ3n) is 4.80. The van der Waals surface area contributed by atoms with Crippen LogP contribution in [0.2, 0.25) is 0 Å². The molecule has 3 rings (SSSR count). The Labute approximate surface area is 146 Å². The van der Waals surface area contributed by atoms with Crippen molar-refractivity contribution in [2.75, 3.05) is 33.4 Å². The highest BCUT2D eigenvalue weighted by atomic mass is 32.1. The number of thiophene rings is 1. The summed E-state index contributed by atoms with van der Waals surface area (Å²) in [4.78, 5) is 17.5. The number of nitrogens with zero attached hydrogens (tertiary/aromatic N) is 2. The number of hydrogen-bond donors (Lipinski definition) is 1. The molecule has 2 aliphatic heterocycles. The van der Waals surface area contributed by atoms with Gasteiger partial charge in [0.25, 0.3) is 0 Å². The number of likely N-dealkylation sites (tertiary alicyclic amines) is 1. The van der Waals surface area contributed by atoms with Gasteiger partial charge in [-0.15, -0.1) is 11.3 Å². The van der Waals surface area contributed by atoms with Crippen LogP contribution in [0.3, 0.4) is 0 Å². The zero-order chi connectivity index (χ0) is 16.9. The van der Waals surface area contributed by atoms with Crippen LogP contribution in [0.25, 0.3) is 0 Å². The van der Waals surface area contributed by atoms with Crippen LogP contribution in [0.15, 0.2) is 17.5 Å². The van der Waals surface area contributed by atoms with Gasteiger partial charge < -0.3 is 15.0 Å². The Bertz CT molecular complexity index is 522. The fraction of sp³-hybridized carbons (Fsp3) is 0.706. The summed E-state index contributed by atoms with van der Waals surface area (Å²) in [6.45, 7) is 3.18. The van der Waals surface area contributed by atoms with Crippen molar-refractivity contribution in [1.29, 1.82) is 0 Å². The van der Waals surface area contributed by atoms with Gasteiger partial charge in [0.05, 0.1) is 0 Å². The predicted octanol–water partition coefficient (Wildman–Crippen LogP) is 2.48. The molecule has 134 valence electrons. The quantitative estimate of drug-likeness (QED) is 0.883. The van der Waals surface area contributed by atoms with Crippen molar-refractivity contribution < 1.29 is 13.9 Å². The van der Waals surface area contributed by atoms with E-state index in [4.69, 9.17) is 4.74 Å². The standard InChI is InChI=1S/C17H26FN3O2S/c1-20(17(22)19-14-4-6-23-7-5-14)11-15-9-13(18)10-21(15)12-16-3-2-8-24-16/h2-3,8,13-15H,4-7,9-12H2,1H3,(H,19,22)/t13-,15-/m0/s1. The summed E-state index contributed by atoms with van der Waals surface area (Å²) in [7, 11) is 1.80. The smallest absolute Gasteiger partial charge is 0.317 e. The number of likely N-dealkylation sites (N-methyl/N-ethyl adjacent to an activating group) is 1. The van der Waals surface area contributed by atoms with E-state index >= 15 is 0 Å². The number of hydrogen-bond acceptors (Lipinski definition) is 4. The van der Waals surface area contributed by atoms with Crippen molar-refractivity contribution in [3.05, 3.63) is 22.4 Å². The first kappa shape index (κ1) is 17.6. The van der Waals surface area contributed by atoms with Gasteiger partial charge in [-0.2, -0.15) is 0 Å². The average Bonchev–Trinajstić information content (AvgIpc) is 3.19. The summed E-state index contributed by atoms with van der Waals surface area (Å²) in [5.41, 5.74) is 0. The number of rotatable bonds is 5. The first-order chi connectivity index (χ1) is 11.6. The maximum Gasteiger partial charge on any atom is 0.317 e. The molecule has 0 saturated carbocycles. The highest BCUT2D eigenvalue weighted by Gasteiger charge is 2.33. The number of carbonyl (C=O) groups is 1. The number of alkyl halides is 1. The summed E-state index contributed by atoms with van der Waals surface area (Å²) < 4.78 is 19.2. The third-order valence-corrected chi connectivity index (χ3v) is 5.66. The molecule has 0 radical (unpaired) electrons. The first-order valence-corrected chi connectivity index (χ1v) is 9.49. The van der Waals surface area contributed by atoms with Crippen molar-refractivity contribution >= 4 is 17.4 Å². The van der Waals surface area contributed by atoms with Crippen LogP contribution >= 0.6 is 11.3 Å². The molecule has 5 nitrogen and oxygen atoms in total. The van der Waals surface area contributed by atoms with Crippen LogP contribution in [-0.4, -0.2) is 67.4 Å². The summed E-state index contributed by atoms with van der Waals surface area (Å²) >= 11 is 1.69. The SMILES string of the molecule is CN(C[C@@H]1C[C@H](F)CN1Cc1cccs1)C(=O)NC1CCOCC1. The lowest BCUT2D eigenvalue weighted by molar-refractivity contribution is 0.0780. The van der Waals surface area contributed by atoms with Crippen LogP contribution in [0.5, 0.6) is 0 Å². The minimum atomic E-state index is -0.804. The molecule has 1 N–H and O–H groups in total. The van der Waals surface area contributed by atoms with Gasteiger partial charge in [-0.25, -0.2) is 9.18 Å². The van der Waals surface area contributed by atoms with Gasteiger partial charge in [0.2, 0.25) is 0 Å². The maximum absolute atomic E-state index is 13.9. The molecule has 0 unspecified atom stereocenters. The van der Waals surface area contributed by atoms with Gasteiger partial charge in [0.1, 0.15) is 6.17 Å². The van der Waals surface area contributed by atoms with Crippen molar-refractivity contribution in [2.45, 2.75) is 44.1 Å². The molecular formula is C17H26FN3O2S. The second-order valence-electron chi connectivity index (χ2n) is 6.71. The Morgan fingerprint density at radius 1 is 1.50 bits per heavy atom. The summed E-state index contributed by atoms with van der Waals surface area (Å²) in [5.74, 6) is 0. The van der Waals surface area contributed by atoms with E-state index in [1.54, 1.807) is 23.3 Å². The average molecular weight is 355 g/mol.